The molecule has 2 heterocycles. The number of carbonyl (C=O) groups is 3. The fourth-order valence-electron chi connectivity index (χ4n) is 4.56. The molecule has 1 N–H and O–H groups in total. The van der Waals surface area contributed by atoms with E-state index >= 15 is 0 Å². The molecule has 2 saturated heterocycles. The van der Waals surface area contributed by atoms with E-state index in [4.69, 9.17) is 4.74 Å². The third-order valence-electron chi connectivity index (χ3n) is 6.03. The van der Waals surface area contributed by atoms with Crippen LogP contribution in [0.5, 0.6) is 0 Å². The Balaban J connectivity index is 2.08. The number of rotatable bonds is 6. The van der Waals surface area contributed by atoms with Crippen molar-refractivity contribution in [1.82, 2.24) is 10.2 Å². The predicted molar refractivity (Wildman–Crippen MR) is 106 cm³/mol. The quantitative estimate of drug-likeness (QED) is 0.592. The third-order valence-corrected chi connectivity index (χ3v) is 6.03. The Hall–Kier alpha value is -2.41. The van der Waals surface area contributed by atoms with Crippen LogP contribution in [0.15, 0.2) is 24.3 Å². The molecule has 152 valence electrons. The fraction of sp³-hybridized carbons (Fsp3) is 0.571. The smallest absolute Gasteiger partial charge is 0.327 e. The van der Waals surface area contributed by atoms with E-state index in [-0.39, 0.29) is 18.4 Å². The number of amides is 2. The van der Waals surface area contributed by atoms with Gasteiger partial charge in [0, 0.05) is 32.4 Å². The van der Waals surface area contributed by atoms with Gasteiger partial charge in [-0.2, -0.15) is 0 Å². The maximum atomic E-state index is 13.1. The monoisotopic (exact) mass is 387 g/mol. The summed E-state index contributed by atoms with van der Waals surface area (Å²) in [6.45, 7) is 5.90. The predicted octanol–water partition coefficient (Wildman–Crippen LogP) is 1.73. The second-order valence-electron chi connectivity index (χ2n) is 7.58. The van der Waals surface area contributed by atoms with E-state index in [0.29, 0.717) is 13.0 Å². The summed E-state index contributed by atoms with van der Waals surface area (Å²) in [6.07, 6.45) is 0.371. The molecule has 0 bridgehead atoms. The molecule has 7 heteroatoms. The Morgan fingerprint density at radius 3 is 2.29 bits per heavy atom. The number of anilines is 1. The van der Waals surface area contributed by atoms with Crippen molar-refractivity contribution < 1.29 is 19.1 Å². The van der Waals surface area contributed by atoms with Crippen molar-refractivity contribution in [3.8, 4) is 0 Å². The lowest BCUT2D eigenvalue weighted by Crippen LogP contribution is -2.56. The molecule has 0 spiro atoms. The van der Waals surface area contributed by atoms with Crippen LogP contribution in [0.1, 0.15) is 38.8 Å². The van der Waals surface area contributed by atoms with Gasteiger partial charge in [-0.25, -0.2) is 0 Å². The number of benzene rings is 1. The maximum Gasteiger partial charge on any atom is 0.327 e. The van der Waals surface area contributed by atoms with Gasteiger partial charge in [0.05, 0.1) is 18.4 Å². The number of hydrogen-bond acceptors (Lipinski definition) is 6. The first-order valence-electron chi connectivity index (χ1n) is 9.89. The van der Waals surface area contributed by atoms with Crippen molar-refractivity contribution in [2.45, 2.75) is 38.8 Å². The van der Waals surface area contributed by atoms with Crippen LogP contribution in [-0.4, -0.2) is 55.5 Å². The summed E-state index contributed by atoms with van der Waals surface area (Å²) in [6, 6.07) is 7.43. The van der Waals surface area contributed by atoms with E-state index in [9.17, 15) is 14.4 Å². The average molecular weight is 387 g/mol. The number of fused-ring (bicyclic) bond motifs is 1. The maximum absolute atomic E-state index is 13.1. The molecule has 0 aliphatic carbocycles. The van der Waals surface area contributed by atoms with Crippen molar-refractivity contribution in [3.05, 3.63) is 29.8 Å². The molecule has 4 atom stereocenters. The highest BCUT2D eigenvalue weighted by atomic mass is 16.5. The largest absolute Gasteiger partial charge is 0.465 e. The second kappa shape index (κ2) is 7.54. The summed E-state index contributed by atoms with van der Waals surface area (Å²) < 4.78 is 5.33. The van der Waals surface area contributed by atoms with Crippen LogP contribution in [0.3, 0.4) is 0 Å². The Kier molecular flexibility index (Phi) is 5.48. The summed E-state index contributed by atoms with van der Waals surface area (Å²) in [5.74, 6) is -2.32. The van der Waals surface area contributed by atoms with Gasteiger partial charge in [0.15, 0.2) is 0 Å². The highest BCUT2D eigenvalue weighted by Crippen LogP contribution is 2.50. The molecule has 2 aliphatic heterocycles. The Morgan fingerprint density at radius 2 is 1.79 bits per heavy atom. The molecule has 3 rings (SSSR count). The van der Waals surface area contributed by atoms with Crippen LogP contribution in [0, 0.1) is 11.8 Å². The molecule has 1 aromatic rings. The van der Waals surface area contributed by atoms with Gasteiger partial charge in [-0.05, 0) is 38.0 Å². The van der Waals surface area contributed by atoms with Crippen molar-refractivity contribution in [3.63, 3.8) is 0 Å². The number of nitrogens with zero attached hydrogens (tertiary/aromatic N) is 2. The zero-order valence-electron chi connectivity index (χ0n) is 17.2. The van der Waals surface area contributed by atoms with Gasteiger partial charge in [0.2, 0.25) is 11.8 Å². The van der Waals surface area contributed by atoms with Gasteiger partial charge in [-0.3, -0.25) is 24.6 Å². The highest BCUT2D eigenvalue weighted by Gasteiger charge is 2.67. The fourth-order valence-corrected chi connectivity index (χ4v) is 4.56. The normalized spacial score (nSPS) is 29.2. The Morgan fingerprint density at radius 1 is 1.14 bits per heavy atom. The van der Waals surface area contributed by atoms with Crippen LogP contribution < -0.4 is 10.2 Å². The molecule has 28 heavy (non-hydrogen) atoms. The molecular weight excluding hydrogens is 358 g/mol. The molecule has 0 aromatic heterocycles. The first kappa shape index (κ1) is 20.3. The van der Waals surface area contributed by atoms with Crippen LogP contribution in [0.4, 0.5) is 5.69 Å². The number of esters is 1. The summed E-state index contributed by atoms with van der Waals surface area (Å²) in [5.41, 5.74) is 0.733. The van der Waals surface area contributed by atoms with Crippen molar-refractivity contribution in [2.24, 2.45) is 11.8 Å². The number of hydrogen-bond donors (Lipinski definition) is 1. The van der Waals surface area contributed by atoms with Crippen LogP contribution in [0.25, 0.3) is 0 Å². The molecule has 2 aliphatic rings. The van der Waals surface area contributed by atoms with E-state index in [1.165, 1.54) is 4.90 Å². The molecule has 2 fully saturated rings. The van der Waals surface area contributed by atoms with Gasteiger partial charge in [-0.1, -0.05) is 19.1 Å². The first-order valence-corrected chi connectivity index (χ1v) is 9.89. The minimum absolute atomic E-state index is 0.216. The molecule has 1 aromatic carbocycles. The van der Waals surface area contributed by atoms with Crippen LogP contribution >= 0.6 is 0 Å². The molecule has 2 amide bonds. The minimum atomic E-state index is -1.19. The lowest BCUT2D eigenvalue weighted by molar-refractivity contribution is -0.156. The van der Waals surface area contributed by atoms with E-state index in [0.717, 1.165) is 11.3 Å². The average Bonchev–Trinajstić information content (AvgIpc) is 3.16. The SMILES string of the molecule is CCOC(=O)[C@]1(CC)N[C@H](c2ccc(N(C)C)cc2)[C@H]2C(=O)N(CC)C(=O)[C@H]21. The van der Waals surface area contributed by atoms with E-state index in [1.807, 2.05) is 50.2 Å². The van der Waals surface area contributed by atoms with Crippen LogP contribution in [0.2, 0.25) is 0 Å². The molecule has 7 nitrogen and oxygen atoms in total. The summed E-state index contributed by atoms with van der Waals surface area (Å²) in [5, 5.41) is 3.35. The van der Waals surface area contributed by atoms with Crippen LogP contribution in [-0.2, 0) is 19.1 Å². The lowest BCUT2D eigenvalue weighted by Gasteiger charge is -2.31. The lowest BCUT2D eigenvalue weighted by atomic mass is 9.78. The van der Waals surface area contributed by atoms with E-state index < -0.39 is 29.4 Å². The number of nitrogens with one attached hydrogen (secondary N) is 1. The van der Waals surface area contributed by atoms with Crippen molar-refractivity contribution >= 4 is 23.5 Å². The zero-order valence-corrected chi connectivity index (χ0v) is 17.2. The Labute approximate surface area is 166 Å². The van der Waals surface area contributed by atoms with Gasteiger partial charge < -0.3 is 9.64 Å². The summed E-state index contributed by atoms with van der Waals surface area (Å²) in [4.78, 5) is 42.4. The van der Waals surface area contributed by atoms with Gasteiger partial charge >= 0.3 is 5.97 Å². The standard InChI is InChI=1S/C21H29N3O4/c1-6-21(20(27)28-8-3)16-15(18(25)24(7-2)19(16)26)17(22-21)13-9-11-14(12-10-13)23(4)5/h9-12,15-17,22H,6-8H2,1-5H3/t15-,16-,17+,21+/m0/s1. The molecule has 0 radical (unpaired) electrons. The number of ether oxygens (including phenoxy) is 1. The number of likely N-dealkylation sites (tertiary alicyclic amines) is 1. The minimum Gasteiger partial charge on any atom is -0.465 e. The van der Waals surface area contributed by atoms with Gasteiger partial charge in [-0.15, -0.1) is 0 Å². The van der Waals surface area contributed by atoms with Gasteiger partial charge in [0.1, 0.15) is 5.54 Å². The number of imide groups is 1. The van der Waals surface area contributed by atoms with Gasteiger partial charge in [0.25, 0.3) is 0 Å². The molecule has 0 saturated carbocycles. The van der Waals surface area contributed by atoms with E-state index in [1.54, 1.807) is 13.8 Å². The summed E-state index contributed by atoms with van der Waals surface area (Å²) in [7, 11) is 3.92. The van der Waals surface area contributed by atoms with E-state index in [2.05, 4.69) is 5.32 Å². The summed E-state index contributed by atoms with van der Waals surface area (Å²) >= 11 is 0. The Bertz CT molecular complexity index is 776. The molecule has 0 unspecified atom stereocenters. The molecular formula is C21H29N3O4. The van der Waals surface area contributed by atoms with Crippen molar-refractivity contribution in [2.75, 3.05) is 32.1 Å². The first-order chi connectivity index (χ1) is 13.3. The highest BCUT2D eigenvalue weighted by molar-refractivity contribution is 6.09. The second-order valence-corrected chi connectivity index (χ2v) is 7.58. The zero-order chi connectivity index (χ0) is 20.6. The van der Waals surface area contributed by atoms with Crippen molar-refractivity contribution in [1.29, 1.82) is 0 Å². The third kappa shape index (κ3) is 2.89. The number of carbonyl (C=O) groups excluding carboxylic acids is 3. The topological polar surface area (TPSA) is 79.0 Å².